The van der Waals surface area contributed by atoms with Crippen molar-refractivity contribution in [1.82, 2.24) is 0 Å². The fourth-order valence-corrected chi connectivity index (χ4v) is 1.75. The minimum absolute atomic E-state index is 0.162. The van der Waals surface area contributed by atoms with E-state index in [1.54, 1.807) is 18.2 Å². The first kappa shape index (κ1) is 11.0. The Labute approximate surface area is 103 Å². The molecule has 0 unspecified atom stereocenters. The highest BCUT2D eigenvalue weighted by Gasteiger charge is 2.02. The van der Waals surface area contributed by atoms with Crippen LogP contribution >= 0.6 is 15.9 Å². The molecule has 2 nitrogen and oxygen atoms in total. The third kappa shape index (κ3) is 2.55. The molecule has 0 saturated carbocycles. The van der Waals surface area contributed by atoms with E-state index in [1.807, 2.05) is 30.3 Å². The van der Waals surface area contributed by atoms with Gasteiger partial charge in [-0.2, -0.15) is 0 Å². The largest absolute Gasteiger partial charge is 0.504 e. The van der Waals surface area contributed by atoms with E-state index in [-0.39, 0.29) is 5.75 Å². The van der Waals surface area contributed by atoms with Gasteiger partial charge < -0.3 is 9.84 Å². The second-order valence-electron chi connectivity index (χ2n) is 3.35. The van der Waals surface area contributed by atoms with Crippen molar-refractivity contribution in [1.29, 1.82) is 0 Å². The summed E-state index contributed by atoms with van der Waals surface area (Å²) >= 11 is 3.45. The first-order valence-corrected chi connectivity index (χ1v) is 5.71. The molecule has 0 spiro atoms. The molecular formula is C13H11BrO2. The first-order chi connectivity index (χ1) is 7.77. The van der Waals surface area contributed by atoms with Gasteiger partial charge in [-0.15, -0.1) is 0 Å². The maximum Gasteiger partial charge on any atom is 0.161 e. The van der Waals surface area contributed by atoms with Crippen LogP contribution in [0.25, 0.3) is 0 Å². The molecule has 2 aromatic rings. The smallest absolute Gasteiger partial charge is 0.161 e. The van der Waals surface area contributed by atoms with Crippen molar-refractivity contribution < 1.29 is 9.84 Å². The number of phenols is 1. The van der Waals surface area contributed by atoms with Crippen LogP contribution in [-0.2, 0) is 6.61 Å². The summed E-state index contributed by atoms with van der Waals surface area (Å²) in [5.41, 5.74) is 1.05. The molecule has 0 aromatic heterocycles. The second-order valence-corrected chi connectivity index (χ2v) is 4.20. The van der Waals surface area contributed by atoms with Crippen molar-refractivity contribution >= 4 is 15.9 Å². The van der Waals surface area contributed by atoms with E-state index in [9.17, 15) is 5.11 Å². The Morgan fingerprint density at radius 3 is 2.44 bits per heavy atom. The summed E-state index contributed by atoms with van der Waals surface area (Å²) in [6, 6.07) is 14.8. The van der Waals surface area contributed by atoms with Gasteiger partial charge in [0.25, 0.3) is 0 Å². The van der Waals surface area contributed by atoms with Gasteiger partial charge in [0.15, 0.2) is 11.5 Å². The second kappa shape index (κ2) is 5.03. The number of ether oxygens (including phenoxy) is 1. The molecular weight excluding hydrogens is 268 g/mol. The predicted octanol–water partition coefficient (Wildman–Crippen LogP) is 3.73. The van der Waals surface area contributed by atoms with Crippen molar-refractivity contribution in [3.8, 4) is 11.5 Å². The summed E-state index contributed by atoms with van der Waals surface area (Å²) in [5, 5.41) is 9.52. The molecule has 0 aliphatic rings. The standard InChI is InChI=1S/C13H11BrO2/c14-11-6-2-1-5-10(11)9-16-13-8-4-3-7-12(13)15/h1-8,15H,9H2. The quantitative estimate of drug-likeness (QED) is 0.927. The van der Waals surface area contributed by atoms with Crippen LogP contribution in [0.15, 0.2) is 53.0 Å². The summed E-state index contributed by atoms with van der Waals surface area (Å²) in [6.45, 7) is 0.430. The highest BCUT2D eigenvalue weighted by molar-refractivity contribution is 9.10. The van der Waals surface area contributed by atoms with Crippen LogP contribution < -0.4 is 4.74 Å². The lowest BCUT2D eigenvalue weighted by molar-refractivity contribution is 0.288. The Bertz CT molecular complexity index is 437. The fraction of sp³-hybridized carbons (Fsp3) is 0.0769. The molecule has 0 fully saturated rings. The third-order valence-electron chi connectivity index (χ3n) is 2.21. The monoisotopic (exact) mass is 278 g/mol. The Morgan fingerprint density at radius 2 is 1.69 bits per heavy atom. The molecule has 0 bridgehead atoms. The van der Waals surface area contributed by atoms with Crippen LogP contribution in [0.3, 0.4) is 0 Å². The number of aromatic hydroxyl groups is 1. The van der Waals surface area contributed by atoms with Gasteiger partial charge in [0, 0.05) is 10.0 Å². The molecule has 82 valence electrons. The number of phenolic OH excluding ortho intramolecular Hbond substituents is 1. The van der Waals surface area contributed by atoms with E-state index in [1.165, 1.54) is 0 Å². The summed E-state index contributed by atoms with van der Waals surface area (Å²) in [6.07, 6.45) is 0. The average molecular weight is 279 g/mol. The van der Waals surface area contributed by atoms with E-state index < -0.39 is 0 Å². The Kier molecular flexibility index (Phi) is 3.47. The van der Waals surface area contributed by atoms with Gasteiger partial charge in [-0.05, 0) is 18.2 Å². The summed E-state index contributed by atoms with van der Waals surface area (Å²) in [7, 11) is 0. The van der Waals surface area contributed by atoms with E-state index in [0.717, 1.165) is 10.0 Å². The summed E-state index contributed by atoms with van der Waals surface area (Å²) in [5.74, 6) is 0.660. The Balaban J connectivity index is 2.09. The Morgan fingerprint density at radius 1 is 1.00 bits per heavy atom. The lowest BCUT2D eigenvalue weighted by Gasteiger charge is -2.08. The van der Waals surface area contributed by atoms with Crippen LogP contribution in [0.2, 0.25) is 0 Å². The minimum Gasteiger partial charge on any atom is -0.504 e. The van der Waals surface area contributed by atoms with Crippen molar-refractivity contribution in [3.63, 3.8) is 0 Å². The molecule has 0 heterocycles. The van der Waals surface area contributed by atoms with Crippen LogP contribution in [-0.4, -0.2) is 5.11 Å². The topological polar surface area (TPSA) is 29.5 Å². The number of hydrogen-bond donors (Lipinski definition) is 1. The van der Waals surface area contributed by atoms with Gasteiger partial charge in [0.05, 0.1) is 0 Å². The SMILES string of the molecule is Oc1ccccc1OCc1ccccc1Br. The lowest BCUT2D eigenvalue weighted by Crippen LogP contribution is -1.96. The van der Waals surface area contributed by atoms with Crippen molar-refractivity contribution in [2.75, 3.05) is 0 Å². The highest BCUT2D eigenvalue weighted by Crippen LogP contribution is 2.26. The molecule has 0 atom stereocenters. The van der Waals surface area contributed by atoms with Crippen molar-refractivity contribution in [2.24, 2.45) is 0 Å². The molecule has 0 amide bonds. The number of rotatable bonds is 3. The molecule has 2 aromatic carbocycles. The molecule has 0 aliphatic carbocycles. The van der Waals surface area contributed by atoms with Gasteiger partial charge in [0.2, 0.25) is 0 Å². The fourth-order valence-electron chi connectivity index (χ4n) is 1.35. The van der Waals surface area contributed by atoms with Gasteiger partial charge in [-0.25, -0.2) is 0 Å². The molecule has 0 aliphatic heterocycles. The van der Waals surface area contributed by atoms with E-state index >= 15 is 0 Å². The third-order valence-corrected chi connectivity index (χ3v) is 2.98. The molecule has 0 radical (unpaired) electrons. The molecule has 16 heavy (non-hydrogen) atoms. The van der Waals surface area contributed by atoms with E-state index in [0.29, 0.717) is 12.4 Å². The number of hydrogen-bond acceptors (Lipinski definition) is 2. The zero-order valence-electron chi connectivity index (χ0n) is 8.56. The number of benzene rings is 2. The zero-order chi connectivity index (χ0) is 11.4. The highest BCUT2D eigenvalue weighted by atomic mass is 79.9. The lowest BCUT2D eigenvalue weighted by atomic mass is 10.2. The summed E-state index contributed by atoms with van der Waals surface area (Å²) < 4.78 is 6.53. The maximum atomic E-state index is 9.52. The molecule has 0 saturated heterocycles. The van der Waals surface area contributed by atoms with Gasteiger partial charge >= 0.3 is 0 Å². The van der Waals surface area contributed by atoms with Crippen molar-refractivity contribution in [3.05, 3.63) is 58.6 Å². The molecule has 2 rings (SSSR count). The van der Waals surface area contributed by atoms with E-state index in [4.69, 9.17) is 4.74 Å². The van der Waals surface area contributed by atoms with Gasteiger partial charge in [0.1, 0.15) is 6.61 Å². The van der Waals surface area contributed by atoms with Gasteiger partial charge in [-0.1, -0.05) is 46.3 Å². The normalized spacial score (nSPS) is 10.1. The zero-order valence-corrected chi connectivity index (χ0v) is 10.1. The molecule has 3 heteroatoms. The van der Waals surface area contributed by atoms with Crippen LogP contribution in [0.1, 0.15) is 5.56 Å². The molecule has 1 N–H and O–H groups in total. The first-order valence-electron chi connectivity index (χ1n) is 4.91. The maximum absolute atomic E-state index is 9.52. The average Bonchev–Trinajstić information content (AvgIpc) is 2.30. The minimum atomic E-state index is 0.162. The van der Waals surface area contributed by atoms with Crippen molar-refractivity contribution in [2.45, 2.75) is 6.61 Å². The Hall–Kier alpha value is -1.48. The van der Waals surface area contributed by atoms with Crippen LogP contribution in [0.4, 0.5) is 0 Å². The van der Waals surface area contributed by atoms with Gasteiger partial charge in [-0.3, -0.25) is 0 Å². The number of para-hydroxylation sites is 2. The predicted molar refractivity (Wildman–Crippen MR) is 66.6 cm³/mol. The van der Waals surface area contributed by atoms with Crippen LogP contribution in [0.5, 0.6) is 11.5 Å². The van der Waals surface area contributed by atoms with E-state index in [2.05, 4.69) is 15.9 Å². The summed E-state index contributed by atoms with van der Waals surface area (Å²) in [4.78, 5) is 0. The number of halogens is 1. The van der Waals surface area contributed by atoms with Crippen LogP contribution in [0, 0.1) is 0 Å².